The van der Waals surface area contributed by atoms with Crippen molar-refractivity contribution >= 4 is 21.8 Å². The lowest BCUT2D eigenvalue weighted by atomic mass is 10.2. The predicted molar refractivity (Wildman–Crippen MR) is 61.9 cm³/mol. The van der Waals surface area contributed by atoms with Crippen LogP contribution in [0.1, 0.15) is 12.8 Å². The average Bonchev–Trinajstić information content (AvgIpc) is 2.57. The maximum atomic E-state index is 11.4. The largest absolute Gasteiger partial charge is 0.480 e. The molecule has 0 radical (unpaired) electrons. The Kier molecular flexibility index (Phi) is 4.91. The Morgan fingerprint density at radius 1 is 1.39 bits per heavy atom. The molecule has 1 heterocycles. The Labute approximate surface area is 104 Å². The van der Waals surface area contributed by atoms with Gasteiger partial charge in [0.05, 0.1) is 11.5 Å². The molecule has 4 N–H and O–H groups in total. The van der Waals surface area contributed by atoms with E-state index in [9.17, 15) is 18.0 Å². The molecule has 18 heavy (non-hydrogen) atoms. The number of amides is 2. The number of aliphatic hydroxyl groups is 1. The first-order valence-corrected chi connectivity index (χ1v) is 7.27. The molecule has 0 aliphatic carbocycles. The maximum absolute atomic E-state index is 11.4. The maximum Gasteiger partial charge on any atom is 0.326 e. The van der Waals surface area contributed by atoms with Crippen molar-refractivity contribution in [3.63, 3.8) is 0 Å². The second-order valence-corrected chi connectivity index (χ2v) is 6.35. The number of sulfone groups is 1. The monoisotopic (exact) mass is 280 g/mol. The molecule has 2 atom stereocenters. The molecule has 1 aliphatic rings. The summed E-state index contributed by atoms with van der Waals surface area (Å²) in [6.45, 7) is -0.366. The highest BCUT2D eigenvalue weighted by Crippen LogP contribution is 2.10. The Bertz CT molecular complexity index is 421. The summed E-state index contributed by atoms with van der Waals surface area (Å²) in [5.74, 6) is -1.35. The fraction of sp³-hybridized carbons (Fsp3) is 0.778. The van der Waals surface area contributed by atoms with Gasteiger partial charge in [-0.2, -0.15) is 0 Å². The summed E-state index contributed by atoms with van der Waals surface area (Å²) in [6.07, 6.45) is 0.221. The summed E-state index contributed by atoms with van der Waals surface area (Å²) >= 11 is 0. The van der Waals surface area contributed by atoms with Gasteiger partial charge in [-0.3, -0.25) is 0 Å². The Morgan fingerprint density at radius 3 is 2.50 bits per heavy atom. The van der Waals surface area contributed by atoms with E-state index < -0.39 is 33.9 Å². The molecule has 1 unspecified atom stereocenters. The molecule has 1 saturated heterocycles. The van der Waals surface area contributed by atoms with Gasteiger partial charge in [-0.1, -0.05) is 0 Å². The lowest BCUT2D eigenvalue weighted by molar-refractivity contribution is -0.139. The third-order valence-corrected chi connectivity index (χ3v) is 4.36. The van der Waals surface area contributed by atoms with Crippen LogP contribution in [0.3, 0.4) is 0 Å². The van der Waals surface area contributed by atoms with Crippen LogP contribution in [0.25, 0.3) is 0 Å². The van der Waals surface area contributed by atoms with Gasteiger partial charge in [0, 0.05) is 19.1 Å². The number of carboxylic acid groups (broad SMARTS) is 1. The van der Waals surface area contributed by atoms with Gasteiger partial charge >= 0.3 is 12.0 Å². The smallest absolute Gasteiger partial charge is 0.326 e. The van der Waals surface area contributed by atoms with Crippen molar-refractivity contribution in [3.8, 4) is 0 Å². The third kappa shape index (κ3) is 4.49. The highest BCUT2D eigenvalue weighted by atomic mass is 32.2. The first-order chi connectivity index (χ1) is 8.34. The summed E-state index contributed by atoms with van der Waals surface area (Å²) in [6, 6.07) is -2.41. The van der Waals surface area contributed by atoms with Gasteiger partial charge in [-0.25, -0.2) is 18.0 Å². The average molecular weight is 280 g/mol. The van der Waals surface area contributed by atoms with E-state index in [0.29, 0.717) is 6.42 Å². The van der Waals surface area contributed by atoms with Crippen molar-refractivity contribution < 1.29 is 28.2 Å². The fourth-order valence-electron chi connectivity index (χ4n) is 1.68. The topological polar surface area (TPSA) is 133 Å². The van der Waals surface area contributed by atoms with Gasteiger partial charge in [-0.05, 0) is 6.42 Å². The van der Waals surface area contributed by atoms with Gasteiger partial charge in [0.2, 0.25) is 0 Å². The molecule has 8 nitrogen and oxygen atoms in total. The van der Waals surface area contributed by atoms with Crippen molar-refractivity contribution in [3.05, 3.63) is 0 Å². The van der Waals surface area contributed by atoms with Crippen molar-refractivity contribution in [1.29, 1.82) is 0 Å². The SMILES string of the molecule is O=C(NC1CCS(=O)(=O)C1)N[C@H](CCO)C(=O)O. The molecule has 0 aromatic rings. The molecule has 1 fully saturated rings. The van der Waals surface area contributed by atoms with E-state index in [-0.39, 0.29) is 24.5 Å². The van der Waals surface area contributed by atoms with Gasteiger partial charge in [0.1, 0.15) is 6.04 Å². The molecule has 1 rings (SSSR count). The van der Waals surface area contributed by atoms with Crippen LogP contribution in [0, 0.1) is 0 Å². The number of aliphatic hydroxyl groups excluding tert-OH is 1. The first kappa shape index (κ1) is 14.7. The minimum Gasteiger partial charge on any atom is -0.480 e. The van der Waals surface area contributed by atoms with Crippen molar-refractivity contribution in [2.45, 2.75) is 24.9 Å². The number of carbonyl (C=O) groups is 2. The standard InChI is InChI=1S/C9H16N2O6S/c12-3-1-7(8(13)14)11-9(15)10-6-2-4-18(16,17)5-6/h6-7,12H,1-5H2,(H,13,14)(H2,10,11,15)/t6?,7-/m1/s1. The molecule has 104 valence electrons. The van der Waals surface area contributed by atoms with E-state index in [1.165, 1.54) is 0 Å². The lowest BCUT2D eigenvalue weighted by Gasteiger charge is -2.16. The van der Waals surface area contributed by atoms with Crippen LogP contribution in [0.4, 0.5) is 4.79 Å². The minimum absolute atomic E-state index is 0.0247. The minimum atomic E-state index is -3.09. The fourth-order valence-corrected chi connectivity index (χ4v) is 3.35. The number of carbonyl (C=O) groups excluding carboxylic acids is 1. The number of aliphatic carboxylic acids is 1. The van der Waals surface area contributed by atoms with Crippen molar-refractivity contribution in [2.75, 3.05) is 18.1 Å². The van der Waals surface area contributed by atoms with Crippen molar-refractivity contribution in [2.24, 2.45) is 0 Å². The normalized spacial score (nSPS) is 23.3. The van der Waals surface area contributed by atoms with E-state index in [2.05, 4.69) is 10.6 Å². The zero-order valence-electron chi connectivity index (χ0n) is 9.63. The molecule has 9 heteroatoms. The number of hydrogen-bond donors (Lipinski definition) is 4. The molecule has 0 spiro atoms. The molecular formula is C9H16N2O6S. The predicted octanol–water partition coefficient (Wildman–Crippen LogP) is -1.69. The zero-order chi connectivity index (χ0) is 13.8. The Balaban J connectivity index is 2.44. The van der Waals surface area contributed by atoms with Crippen LogP contribution in [0.2, 0.25) is 0 Å². The first-order valence-electron chi connectivity index (χ1n) is 5.45. The van der Waals surface area contributed by atoms with Crippen LogP contribution in [0.5, 0.6) is 0 Å². The quantitative estimate of drug-likeness (QED) is 0.475. The highest BCUT2D eigenvalue weighted by Gasteiger charge is 2.29. The van der Waals surface area contributed by atoms with Crippen molar-refractivity contribution in [1.82, 2.24) is 10.6 Å². The number of hydrogen-bond acceptors (Lipinski definition) is 5. The molecular weight excluding hydrogens is 264 g/mol. The van der Waals surface area contributed by atoms with Gasteiger partial charge in [0.15, 0.2) is 9.84 Å². The third-order valence-electron chi connectivity index (χ3n) is 2.59. The Hall–Kier alpha value is -1.35. The van der Waals surface area contributed by atoms with Crippen LogP contribution in [0.15, 0.2) is 0 Å². The van der Waals surface area contributed by atoms with Crippen LogP contribution < -0.4 is 10.6 Å². The Morgan fingerprint density at radius 2 is 2.06 bits per heavy atom. The lowest BCUT2D eigenvalue weighted by Crippen LogP contribution is -2.49. The second kappa shape index (κ2) is 6.01. The summed E-state index contributed by atoms with van der Waals surface area (Å²) in [7, 11) is -3.09. The van der Waals surface area contributed by atoms with Gasteiger partial charge in [0.25, 0.3) is 0 Å². The molecule has 2 amide bonds. The molecule has 0 aromatic heterocycles. The van der Waals surface area contributed by atoms with Crippen LogP contribution >= 0.6 is 0 Å². The highest BCUT2D eigenvalue weighted by molar-refractivity contribution is 7.91. The zero-order valence-corrected chi connectivity index (χ0v) is 10.4. The van der Waals surface area contributed by atoms with Crippen LogP contribution in [-0.4, -0.2) is 60.8 Å². The number of carboxylic acids is 1. The van der Waals surface area contributed by atoms with E-state index >= 15 is 0 Å². The summed E-state index contributed by atoms with van der Waals surface area (Å²) in [4.78, 5) is 22.2. The summed E-state index contributed by atoms with van der Waals surface area (Å²) in [5, 5.41) is 22.0. The van der Waals surface area contributed by atoms with E-state index in [1.54, 1.807) is 0 Å². The summed E-state index contributed by atoms with van der Waals surface area (Å²) < 4.78 is 22.3. The van der Waals surface area contributed by atoms with E-state index in [4.69, 9.17) is 10.2 Å². The van der Waals surface area contributed by atoms with Gasteiger partial charge in [-0.15, -0.1) is 0 Å². The molecule has 0 saturated carbocycles. The second-order valence-electron chi connectivity index (χ2n) is 4.12. The number of urea groups is 1. The number of rotatable bonds is 5. The number of nitrogens with one attached hydrogen (secondary N) is 2. The van der Waals surface area contributed by atoms with Crippen LogP contribution in [-0.2, 0) is 14.6 Å². The van der Waals surface area contributed by atoms with Gasteiger partial charge < -0.3 is 20.8 Å². The van der Waals surface area contributed by atoms with E-state index in [0.717, 1.165) is 0 Å². The molecule has 0 bridgehead atoms. The molecule has 1 aliphatic heterocycles. The summed E-state index contributed by atoms with van der Waals surface area (Å²) in [5.41, 5.74) is 0. The molecule has 0 aromatic carbocycles. The van der Waals surface area contributed by atoms with E-state index in [1.807, 2.05) is 0 Å².